The predicted octanol–water partition coefficient (Wildman–Crippen LogP) is 6.15. The number of thioether (sulfide) groups is 1. The Hall–Kier alpha value is -2.90. The summed E-state index contributed by atoms with van der Waals surface area (Å²) >= 11 is 2.92. The zero-order valence-corrected chi connectivity index (χ0v) is 19.2. The second kappa shape index (κ2) is 9.08. The Bertz CT molecular complexity index is 1120. The van der Waals surface area contributed by atoms with Crippen molar-refractivity contribution in [3.8, 4) is 0 Å². The fourth-order valence-corrected chi connectivity index (χ4v) is 4.65. The predicted molar refractivity (Wildman–Crippen MR) is 129 cm³/mol. The van der Waals surface area contributed by atoms with Gasteiger partial charge in [0, 0.05) is 4.88 Å². The molecule has 2 aromatic heterocycles. The largest absolute Gasteiger partial charge is 0.467 e. The SMILES string of the molecule is CC(C)(C)c1ccc(/C=N\N=C2\S/C(=C\c3cccs3)C(=O)N2Cc2ccco2)cc1. The highest BCUT2D eigenvalue weighted by molar-refractivity contribution is 8.18. The van der Waals surface area contributed by atoms with Crippen LogP contribution in [0.15, 0.2) is 79.7 Å². The summed E-state index contributed by atoms with van der Waals surface area (Å²) in [6.45, 7) is 6.87. The van der Waals surface area contributed by atoms with Crippen molar-refractivity contribution in [2.75, 3.05) is 0 Å². The average molecular weight is 450 g/mol. The number of furan rings is 1. The molecule has 0 bridgehead atoms. The molecule has 1 aromatic carbocycles. The molecule has 1 fully saturated rings. The van der Waals surface area contributed by atoms with Gasteiger partial charge in [0.2, 0.25) is 0 Å². The Morgan fingerprint density at radius 2 is 1.90 bits per heavy atom. The highest BCUT2D eigenvalue weighted by Gasteiger charge is 2.34. The maximum atomic E-state index is 13.0. The molecule has 1 aliphatic heterocycles. The smallest absolute Gasteiger partial charge is 0.267 e. The monoisotopic (exact) mass is 449 g/mol. The first-order chi connectivity index (χ1) is 14.9. The molecule has 1 saturated heterocycles. The van der Waals surface area contributed by atoms with Crippen LogP contribution in [0.1, 0.15) is 42.5 Å². The van der Waals surface area contributed by atoms with Gasteiger partial charge in [-0.15, -0.1) is 16.4 Å². The molecule has 0 N–H and O–H groups in total. The van der Waals surface area contributed by atoms with Gasteiger partial charge in [-0.1, -0.05) is 51.1 Å². The van der Waals surface area contributed by atoms with Crippen molar-refractivity contribution in [3.63, 3.8) is 0 Å². The summed E-state index contributed by atoms with van der Waals surface area (Å²) in [6, 6.07) is 15.9. The maximum Gasteiger partial charge on any atom is 0.267 e. The molecule has 0 unspecified atom stereocenters. The number of nitrogens with zero attached hydrogens (tertiary/aromatic N) is 3. The third kappa shape index (κ3) is 5.24. The standard InChI is InChI=1S/C24H23N3O2S2/c1-24(2,3)18-10-8-17(9-11-18)15-25-26-23-27(16-19-6-4-12-29-19)22(28)21(31-23)14-20-7-5-13-30-20/h4-15H,16H2,1-3H3/b21-14-,25-15-,26-23+. The molecule has 0 atom stereocenters. The molecule has 0 radical (unpaired) electrons. The molecule has 3 aromatic rings. The number of rotatable bonds is 5. The van der Waals surface area contributed by atoms with Gasteiger partial charge >= 0.3 is 0 Å². The van der Waals surface area contributed by atoms with Crippen molar-refractivity contribution >= 4 is 46.5 Å². The molecule has 7 heteroatoms. The lowest BCUT2D eigenvalue weighted by atomic mass is 9.87. The quantitative estimate of drug-likeness (QED) is 0.267. The summed E-state index contributed by atoms with van der Waals surface area (Å²) in [5.74, 6) is 0.596. The van der Waals surface area contributed by atoms with E-state index >= 15 is 0 Å². The van der Waals surface area contributed by atoms with Crippen LogP contribution in [0.3, 0.4) is 0 Å². The van der Waals surface area contributed by atoms with Gasteiger partial charge in [0.1, 0.15) is 5.76 Å². The van der Waals surface area contributed by atoms with Crippen molar-refractivity contribution in [3.05, 3.63) is 86.8 Å². The summed E-state index contributed by atoms with van der Waals surface area (Å²) in [6.07, 6.45) is 5.20. The van der Waals surface area contributed by atoms with Crippen LogP contribution in [0.25, 0.3) is 6.08 Å². The van der Waals surface area contributed by atoms with Gasteiger partial charge in [0.05, 0.1) is 23.9 Å². The van der Waals surface area contributed by atoms with E-state index in [0.717, 1.165) is 10.4 Å². The molecule has 3 heterocycles. The highest BCUT2D eigenvalue weighted by atomic mass is 32.2. The molecule has 1 amide bonds. The van der Waals surface area contributed by atoms with E-state index in [4.69, 9.17) is 4.42 Å². The first-order valence-corrected chi connectivity index (χ1v) is 11.6. The van der Waals surface area contributed by atoms with Gasteiger partial charge in [0.25, 0.3) is 5.91 Å². The van der Waals surface area contributed by atoms with E-state index in [1.807, 2.05) is 47.9 Å². The van der Waals surface area contributed by atoms with E-state index in [0.29, 0.717) is 22.4 Å². The van der Waals surface area contributed by atoms with Crippen molar-refractivity contribution < 1.29 is 9.21 Å². The molecule has 5 nitrogen and oxygen atoms in total. The zero-order valence-electron chi connectivity index (χ0n) is 17.6. The molecule has 0 saturated carbocycles. The van der Waals surface area contributed by atoms with E-state index in [1.54, 1.807) is 28.7 Å². The number of thiophene rings is 1. The Morgan fingerprint density at radius 3 is 2.55 bits per heavy atom. The molecular weight excluding hydrogens is 426 g/mol. The van der Waals surface area contributed by atoms with Crippen LogP contribution < -0.4 is 0 Å². The van der Waals surface area contributed by atoms with Gasteiger partial charge in [-0.3, -0.25) is 9.69 Å². The van der Waals surface area contributed by atoms with Crippen molar-refractivity contribution in [2.45, 2.75) is 32.7 Å². The van der Waals surface area contributed by atoms with Crippen LogP contribution in [0.5, 0.6) is 0 Å². The molecule has 1 aliphatic rings. The van der Waals surface area contributed by atoms with Crippen LogP contribution in [-0.2, 0) is 16.8 Å². The Labute approximate surface area is 190 Å². The number of benzene rings is 1. The lowest BCUT2D eigenvalue weighted by Gasteiger charge is -2.18. The Kier molecular flexibility index (Phi) is 6.25. The van der Waals surface area contributed by atoms with E-state index in [-0.39, 0.29) is 11.3 Å². The fraction of sp³-hybridized carbons (Fsp3) is 0.208. The van der Waals surface area contributed by atoms with E-state index in [2.05, 4.69) is 43.1 Å². The van der Waals surface area contributed by atoms with Crippen LogP contribution in [-0.4, -0.2) is 22.2 Å². The van der Waals surface area contributed by atoms with Gasteiger partial charge in [-0.05, 0) is 58.0 Å². The summed E-state index contributed by atoms with van der Waals surface area (Å²) < 4.78 is 5.43. The van der Waals surface area contributed by atoms with Crippen LogP contribution >= 0.6 is 23.1 Å². The van der Waals surface area contributed by atoms with Crippen LogP contribution in [0, 0.1) is 0 Å². The van der Waals surface area contributed by atoms with Crippen molar-refractivity contribution in [1.82, 2.24) is 4.90 Å². The third-order valence-electron chi connectivity index (χ3n) is 4.73. The minimum absolute atomic E-state index is 0.0988. The summed E-state index contributed by atoms with van der Waals surface area (Å²) in [7, 11) is 0. The van der Waals surface area contributed by atoms with E-state index in [1.165, 1.54) is 17.3 Å². The van der Waals surface area contributed by atoms with Crippen molar-refractivity contribution in [1.29, 1.82) is 0 Å². The molecule has 4 rings (SSSR count). The summed E-state index contributed by atoms with van der Waals surface area (Å²) in [4.78, 5) is 16.2. The van der Waals surface area contributed by atoms with Crippen molar-refractivity contribution in [2.24, 2.45) is 10.2 Å². The second-order valence-electron chi connectivity index (χ2n) is 8.10. The maximum absolute atomic E-state index is 13.0. The number of carbonyl (C=O) groups excluding carboxylic acids is 1. The van der Waals surface area contributed by atoms with E-state index in [9.17, 15) is 4.79 Å². The van der Waals surface area contributed by atoms with Gasteiger partial charge in [-0.25, -0.2) is 0 Å². The number of hydrogen-bond acceptors (Lipinski definition) is 6. The molecule has 0 spiro atoms. The van der Waals surface area contributed by atoms with Gasteiger partial charge in [0.15, 0.2) is 5.17 Å². The first kappa shape index (κ1) is 21.3. The van der Waals surface area contributed by atoms with E-state index < -0.39 is 0 Å². The van der Waals surface area contributed by atoms with Gasteiger partial charge in [-0.2, -0.15) is 5.10 Å². The van der Waals surface area contributed by atoms with Gasteiger partial charge < -0.3 is 4.42 Å². The molecule has 158 valence electrons. The normalized spacial score (nSPS) is 17.5. The number of amidine groups is 1. The van der Waals surface area contributed by atoms with Crippen LogP contribution in [0.4, 0.5) is 0 Å². The Morgan fingerprint density at radius 1 is 1.10 bits per heavy atom. The summed E-state index contributed by atoms with van der Waals surface area (Å²) in [5, 5.41) is 11.1. The third-order valence-corrected chi connectivity index (χ3v) is 6.54. The Balaban J connectivity index is 1.56. The highest BCUT2D eigenvalue weighted by Crippen LogP contribution is 2.34. The lowest BCUT2D eigenvalue weighted by molar-refractivity contribution is -0.122. The number of hydrogen-bond donors (Lipinski definition) is 0. The lowest BCUT2D eigenvalue weighted by Crippen LogP contribution is -2.28. The average Bonchev–Trinajstić information content (AvgIpc) is 3.48. The fourth-order valence-electron chi connectivity index (χ4n) is 3.00. The number of amides is 1. The summed E-state index contributed by atoms with van der Waals surface area (Å²) in [5.41, 5.74) is 2.33. The minimum atomic E-state index is -0.0988. The molecule has 31 heavy (non-hydrogen) atoms. The first-order valence-electron chi connectivity index (χ1n) is 9.89. The minimum Gasteiger partial charge on any atom is -0.467 e. The zero-order chi connectivity index (χ0) is 21.8. The molecular formula is C24H23N3O2S2. The number of carbonyl (C=O) groups is 1. The van der Waals surface area contributed by atoms with Crippen LogP contribution in [0.2, 0.25) is 0 Å². The molecule has 0 aliphatic carbocycles. The topological polar surface area (TPSA) is 58.2 Å². The second-order valence-corrected chi connectivity index (χ2v) is 10.1.